The summed E-state index contributed by atoms with van der Waals surface area (Å²) in [6.07, 6.45) is 0.888. The molecule has 1 saturated heterocycles. The van der Waals surface area contributed by atoms with Crippen molar-refractivity contribution in [3.05, 3.63) is 0 Å². The van der Waals surface area contributed by atoms with Gasteiger partial charge in [-0.15, -0.1) is 0 Å². The van der Waals surface area contributed by atoms with Gasteiger partial charge in [-0.25, -0.2) is 0 Å². The molecule has 1 unspecified atom stereocenters. The number of primary amides is 1. The van der Waals surface area contributed by atoms with Crippen molar-refractivity contribution in [2.75, 3.05) is 32.7 Å². The number of carbonyl (C=O) groups excluding carboxylic acids is 2. The molecule has 0 radical (unpaired) electrons. The molecule has 5 nitrogen and oxygen atoms in total. The van der Waals surface area contributed by atoms with Gasteiger partial charge in [-0.05, 0) is 13.3 Å². The van der Waals surface area contributed by atoms with Crippen molar-refractivity contribution in [3.63, 3.8) is 0 Å². The van der Waals surface area contributed by atoms with Crippen LogP contribution in [0.15, 0.2) is 0 Å². The minimum absolute atomic E-state index is 0.112. The molecule has 0 saturated carbocycles. The maximum Gasteiger partial charge on any atom is 0.236 e. The van der Waals surface area contributed by atoms with Gasteiger partial charge in [0.05, 0.1) is 11.4 Å². The molecule has 92 valence electrons. The Hall–Kier alpha value is -0.620. The lowest BCUT2D eigenvalue weighted by Crippen LogP contribution is -2.40. The fourth-order valence-electron chi connectivity index (χ4n) is 1.82. The van der Waals surface area contributed by atoms with Gasteiger partial charge >= 0.3 is 0 Å². The quantitative estimate of drug-likeness (QED) is 0.732. The average Bonchev–Trinajstić information content (AvgIpc) is 2.41. The van der Waals surface area contributed by atoms with E-state index in [2.05, 4.69) is 15.9 Å². The SMILES string of the molecule is CC(Br)C(=O)N1CCCN(CC(N)=O)CC1. The van der Waals surface area contributed by atoms with Crippen LogP contribution < -0.4 is 5.73 Å². The summed E-state index contributed by atoms with van der Waals surface area (Å²) in [5.41, 5.74) is 5.15. The van der Waals surface area contributed by atoms with Crippen molar-refractivity contribution >= 4 is 27.7 Å². The molecule has 0 aromatic carbocycles. The van der Waals surface area contributed by atoms with Gasteiger partial charge in [-0.2, -0.15) is 0 Å². The molecule has 1 aliphatic rings. The Balaban J connectivity index is 2.46. The van der Waals surface area contributed by atoms with Crippen LogP contribution in [0, 0.1) is 0 Å². The first-order valence-electron chi connectivity index (χ1n) is 5.44. The third-order valence-corrected chi connectivity index (χ3v) is 3.01. The molecule has 1 heterocycles. The Kier molecular flexibility index (Phi) is 5.21. The van der Waals surface area contributed by atoms with Gasteiger partial charge in [0.2, 0.25) is 11.8 Å². The largest absolute Gasteiger partial charge is 0.369 e. The molecule has 1 fully saturated rings. The molecule has 0 bridgehead atoms. The van der Waals surface area contributed by atoms with Crippen LogP contribution in [0.2, 0.25) is 0 Å². The third kappa shape index (κ3) is 4.09. The minimum Gasteiger partial charge on any atom is -0.369 e. The number of amides is 2. The summed E-state index contributed by atoms with van der Waals surface area (Å²) in [6.45, 7) is 5.07. The topological polar surface area (TPSA) is 66.6 Å². The maximum absolute atomic E-state index is 11.7. The zero-order valence-electron chi connectivity index (χ0n) is 9.49. The van der Waals surface area contributed by atoms with Crippen LogP contribution in [0.25, 0.3) is 0 Å². The Morgan fingerprint density at radius 1 is 1.31 bits per heavy atom. The van der Waals surface area contributed by atoms with Crippen molar-refractivity contribution < 1.29 is 9.59 Å². The number of nitrogens with two attached hydrogens (primary N) is 1. The standard InChI is InChI=1S/C10H18BrN3O2/c1-8(11)10(16)14-4-2-3-13(5-6-14)7-9(12)15/h8H,2-7H2,1H3,(H2,12,15). The molecule has 0 aliphatic carbocycles. The van der Waals surface area contributed by atoms with E-state index in [1.54, 1.807) is 0 Å². The number of alkyl halides is 1. The molecule has 2 amide bonds. The van der Waals surface area contributed by atoms with E-state index in [4.69, 9.17) is 5.73 Å². The van der Waals surface area contributed by atoms with Gasteiger partial charge in [-0.3, -0.25) is 14.5 Å². The first kappa shape index (κ1) is 13.4. The van der Waals surface area contributed by atoms with E-state index >= 15 is 0 Å². The lowest BCUT2D eigenvalue weighted by atomic mass is 10.3. The Morgan fingerprint density at radius 3 is 2.56 bits per heavy atom. The van der Waals surface area contributed by atoms with E-state index in [9.17, 15) is 9.59 Å². The zero-order chi connectivity index (χ0) is 12.1. The Labute approximate surface area is 104 Å². The second-order valence-corrected chi connectivity index (χ2v) is 5.41. The molecule has 16 heavy (non-hydrogen) atoms. The summed E-state index contributed by atoms with van der Waals surface area (Å²) in [5, 5.41) is 0. The Morgan fingerprint density at radius 2 is 2.00 bits per heavy atom. The highest BCUT2D eigenvalue weighted by Gasteiger charge is 2.22. The molecule has 0 spiro atoms. The number of rotatable bonds is 3. The maximum atomic E-state index is 11.7. The number of nitrogens with zero attached hydrogens (tertiary/aromatic N) is 2. The average molecular weight is 292 g/mol. The molecule has 0 aromatic rings. The molecule has 6 heteroatoms. The molecule has 1 rings (SSSR count). The van der Waals surface area contributed by atoms with E-state index in [0.717, 1.165) is 19.5 Å². The van der Waals surface area contributed by atoms with Crippen LogP contribution in [0.3, 0.4) is 0 Å². The third-order valence-electron chi connectivity index (χ3n) is 2.62. The summed E-state index contributed by atoms with van der Waals surface area (Å²) < 4.78 is 0. The molecule has 2 N–H and O–H groups in total. The van der Waals surface area contributed by atoms with E-state index in [1.165, 1.54) is 0 Å². The number of carbonyl (C=O) groups is 2. The fraction of sp³-hybridized carbons (Fsp3) is 0.800. The highest BCUT2D eigenvalue weighted by molar-refractivity contribution is 9.10. The van der Waals surface area contributed by atoms with Crippen LogP contribution in [0.1, 0.15) is 13.3 Å². The van der Waals surface area contributed by atoms with E-state index in [1.807, 2.05) is 16.7 Å². The predicted octanol–water partition coefficient (Wildman–Crippen LogP) is -0.211. The fourth-order valence-corrected chi connectivity index (χ4v) is 2.11. The van der Waals surface area contributed by atoms with Crippen LogP contribution in [0.4, 0.5) is 0 Å². The summed E-state index contributed by atoms with van der Waals surface area (Å²) in [7, 11) is 0. The van der Waals surface area contributed by atoms with E-state index in [0.29, 0.717) is 13.1 Å². The minimum atomic E-state index is -0.311. The highest BCUT2D eigenvalue weighted by atomic mass is 79.9. The van der Waals surface area contributed by atoms with Gasteiger partial charge in [-0.1, -0.05) is 15.9 Å². The summed E-state index contributed by atoms with van der Waals surface area (Å²) in [6, 6.07) is 0. The number of hydrogen-bond acceptors (Lipinski definition) is 3. The van der Waals surface area contributed by atoms with Crippen LogP contribution >= 0.6 is 15.9 Å². The van der Waals surface area contributed by atoms with Crippen LogP contribution in [0.5, 0.6) is 0 Å². The number of halogens is 1. The summed E-state index contributed by atoms with van der Waals surface area (Å²) in [5.74, 6) is -0.199. The second-order valence-electron chi connectivity index (χ2n) is 4.04. The monoisotopic (exact) mass is 291 g/mol. The van der Waals surface area contributed by atoms with Gasteiger partial charge in [0.25, 0.3) is 0 Å². The number of hydrogen-bond donors (Lipinski definition) is 1. The van der Waals surface area contributed by atoms with Gasteiger partial charge in [0.15, 0.2) is 0 Å². The molecular formula is C10H18BrN3O2. The lowest BCUT2D eigenvalue weighted by Gasteiger charge is -2.22. The predicted molar refractivity (Wildman–Crippen MR) is 65.2 cm³/mol. The molecular weight excluding hydrogens is 274 g/mol. The van der Waals surface area contributed by atoms with Crippen molar-refractivity contribution in [3.8, 4) is 0 Å². The first-order valence-corrected chi connectivity index (χ1v) is 6.36. The highest BCUT2D eigenvalue weighted by Crippen LogP contribution is 2.08. The van der Waals surface area contributed by atoms with Gasteiger partial charge in [0.1, 0.15) is 0 Å². The van der Waals surface area contributed by atoms with Crippen molar-refractivity contribution in [1.29, 1.82) is 0 Å². The van der Waals surface area contributed by atoms with E-state index in [-0.39, 0.29) is 23.2 Å². The smallest absolute Gasteiger partial charge is 0.236 e. The Bertz CT molecular complexity index is 271. The molecule has 1 atom stereocenters. The van der Waals surface area contributed by atoms with Gasteiger partial charge in [0, 0.05) is 26.2 Å². The van der Waals surface area contributed by atoms with Crippen LogP contribution in [-0.4, -0.2) is 59.2 Å². The second kappa shape index (κ2) is 6.20. The van der Waals surface area contributed by atoms with Crippen LogP contribution in [-0.2, 0) is 9.59 Å². The first-order chi connectivity index (χ1) is 7.50. The molecule has 0 aromatic heterocycles. The normalized spacial score (nSPS) is 20.2. The van der Waals surface area contributed by atoms with Gasteiger partial charge < -0.3 is 10.6 Å². The summed E-state index contributed by atoms with van der Waals surface area (Å²) in [4.78, 5) is 26.2. The molecule has 1 aliphatic heterocycles. The van der Waals surface area contributed by atoms with Crippen molar-refractivity contribution in [2.24, 2.45) is 5.73 Å². The summed E-state index contributed by atoms with van der Waals surface area (Å²) >= 11 is 3.28. The van der Waals surface area contributed by atoms with Crippen molar-refractivity contribution in [2.45, 2.75) is 18.2 Å². The van der Waals surface area contributed by atoms with Crippen molar-refractivity contribution in [1.82, 2.24) is 9.80 Å². The zero-order valence-corrected chi connectivity index (χ0v) is 11.1. The lowest BCUT2D eigenvalue weighted by molar-refractivity contribution is -0.130. The van der Waals surface area contributed by atoms with E-state index < -0.39 is 0 Å².